The number of likely N-dealkylation sites (N-methyl/N-ethyl adjacent to an activating group) is 1. The molecule has 2 amide bonds. The molecule has 0 bridgehead atoms. The van der Waals surface area contributed by atoms with Gasteiger partial charge in [0.15, 0.2) is 5.82 Å². The van der Waals surface area contributed by atoms with Gasteiger partial charge >= 0.3 is 0 Å². The summed E-state index contributed by atoms with van der Waals surface area (Å²) < 4.78 is 0. The third-order valence-corrected chi connectivity index (χ3v) is 8.80. The van der Waals surface area contributed by atoms with Crippen LogP contribution in [0, 0.1) is 5.92 Å². The van der Waals surface area contributed by atoms with Crippen LogP contribution >= 0.6 is 0 Å². The lowest BCUT2D eigenvalue weighted by Gasteiger charge is -2.33. The van der Waals surface area contributed by atoms with E-state index in [9.17, 15) is 9.59 Å². The molecule has 1 aromatic heterocycles. The molecule has 3 heterocycles. The van der Waals surface area contributed by atoms with Gasteiger partial charge in [-0.2, -0.15) is 0 Å². The van der Waals surface area contributed by atoms with E-state index >= 15 is 0 Å². The van der Waals surface area contributed by atoms with Gasteiger partial charge in [-0.25, -0.2) is 9.98 Å². The number of anilines is 1. The number of aliphatic imine (C=N–C) groups is 1. The summed E-state index contributed by atoms with van der Waals surface area (Å²) in [5, 5.41) is 6.13. The van der Waals surface area contributed by atoms with Crippen molar-refractivity contribution in [3.8, 4) is 0 Å². The number of rotatable bonds is 10. The normalized spacial score (nSPS) is 19.5. The Kier molecular flexibility index (Phi) is 12.5. The van der Waals surface area contributed by atoms with Crippen molar-refractivity contribution in [2.75, 3.05) is 44.7 Å². The molecule has 2 aliphatic heterocycles. The predicted molar refractivity (Wildman–Crippen MR) is 194 cm³/mol. The first-order chi connectivity index (χ1) is 22.5. The number of nitrogens with one attached hydrogen (secondary N) is 2. The molecule has 2 aromatic rings. The topological polar surface area (TPSA) is 89.9 Å². The molecular formula is C39H52N6O2. The molecule has 1 atom stereocenters. The fourth-order valence-corrected chi connectivity index (χ4v) is 5.63. The Labute approximate surface area is 281 Å². The van der Waals surface area contributed by atoms with E-state index in [4.69, 9.17) is 0 Å². The third kappa shape index (κ3) is 10.1. The first-order valence-corrected chi connectivity index (χ1v) is 16.9. The summed E-state index contributed by atoms with van der Waals surface area (Å²) in [7, 11) is 2.14. The molecule has 0 radical (unpaired) electrons. The number of nitrogens with zero attached hydrogens (tertiary/aromatic N) is 4. The summed E-state index contributed by atoms with van der Waals surface area (Å²) in [5.41, 5.74) is 6.12. The standard InChI is InChI=1S/C39H52N6O2/c1-8-10-13-32(42-37(46)30-15-17-31(18-16-30)39(4,5)6)14-11-12-28(3)34-25-35(38(47)41-26-29(34)9-2)43-36-20-19-33(27-40-36)45-23-21-44(7)22-24-45/h11-20,25,27,29H,8-10,21-24,26H2,1-7H3,(H,41,47)(H,42,46)/b14-11-,28-12+,32-13?,43-35?. The summed E-state index contributed by atoms with van der Waals surface area (Å²) >= 11 is 0. The number of piperazine rings is 1. The minimum atomic E-state index is -0.199. The van der Waals surface area contributed by atoms with Gasteiger partial charge in [0, 0.05) is 49.9 Å². The molecule has 2 aliphatic rings. The number of pyridine rings is 1. The smallest absolute Gasteiger partial charge is 0.270 e. The van der Waals surface area contributed by atoms with Crippen LogP contribution in [0.2, 0.25) is 0 Å². The number of hydrogen-bond acceptors (Lipinski definition) is 6. The van der Waals surface area contributed by atoms with Crippen LogP contribution in [0.1, 0.15) is 76.7 Å². The molecule has 47 heavy (non-hydrogen) atoms. The van der Waals surface area contributed by atoms with E-state index in [2.05, 4.69) is 85.1 Å². The van der Waals surface area contributed by atoms with Gasteiger partial charge in [-0.3, -0.25) is 9.59 Å². The molecule has 250 valence electrons. The van der Waals surface area contributed by atoms with Crippen LogP contribution in [-0.2, 0) is 10.2 Å². The maximum atomic E-state index is 13.1. The lowest BCUT2D eigenvalue weighted by Crippen LogP contribution is -2.44. The van der Waals surface area contributed by atoms with Gasteiger partial charge in [0.25, 0.3) is 11.8 Å². The summed E-state index contributed by atoms with van der Waals surface area (Å²) in [4.78, 5) is 40.1. The largest absolute Gasteiger partial charge is 0.368 e. The third-order valence-electron chi connectivity index (χ3n) is 8.80. The zero-order chi connectivity index (χ0) is 34.0. The van der Waals surface area contributed by atoms with Crippen LogP contribution in [0.25, 0.3) is 0 Å². The van der Waals surface area contributed by atoms with E-state index in [1.165, 1.54) is 5.56 Å². The van der Waals surface area contributed by atoms with E-state index < -0.39 is 0 Å². The zero-order valence-electron chi connectivity index (χ0n) is 29.3. The number of amides is 2. The average molecular weight is 637 g/mol. The Hall–Kier alpha value is -4.30. The van der Waals surface area contributed by atoms with Crippen LogP contribution in [0.3, 0.4) is 0 Å². The van der Waals surface area contributed by atoms with Crippen molar-refractivity contribution < 1.29 is 9.59 Å². The molecule has 1 fully saturated rings. The second-order valence-corrected chi connectivity index (χ2v) is 13.5. The van der Waals surface area contributed by atoms with Crippen LogP contribution in [0.4, 0.5) is 11.5 Å². The monoisotopic (exact) mass is 636 g/mol. The van der Waals surface area contributed by atoms with E-state index in [1.54, 1.807) is 0 Å². The van der Waals surface area contributed by atoms with Crippen LogP contribution < -0.4 is 15.5 Å². The van der Waals surface area contributed by atoms with Crippen molar-refractivity contribution in [3.05, 3.63) is 101 Å². The summed E-state index contributed by atoms with van der Waals surface area (Å²) in [6.45, 7) is 17.3. The lowest BCUT2D eigenvalue weighted by atomic mass is 9.87. The van der Waals surface area contributed by atoms with Gasteiger partial charge in [-0.1, -0.05) is 71.4 Å². The molecule has 2 N–H and O–H groups in total. The highest BCUT2D eigenvalue weighted by Crippen LogP contribution is 2.26. The molecule has 8 heteroatoms. The number of carbonyl (C=O) groups excluding carboxylic acids is 2. The molecule has 1 aromatic carbocycles. The van der Waals surface area contributed by atoms with Gasteiger partial charge in [0.05, 0.1) is 11.9 Å². The molecule has 0 aliphatic carbocycles. The van der Waals surface area contributed by atoms with E-state index in [0.717, 1.165) is 68.0 Å². The maximum absolute atomic E-state index is 13.1. The van der Waals surface area contributed by atoms with Crippen molar-refractivity contribution in [2.45, 2.75) is 66.2 Å². The number of allylic oxidation sites excluding steroid dienone is 5. The number of carbonyl (C=O) groups is 2. The average Bonchev–Trinajstić information content (AvgIpc) is 3.21. The maximum Gasteiger partial charge on any atom is 0.270 e. The fraction of sp³-hybridized carbons (Fsp3) is 0.436. The highest BCUT2D eigenvalue weighted by molar-refractivity contribution is 6.44. The number of benzene rings is 1. The molecular weight excluding hydrogens is 584 g/mol. The second-order valence-electron chi connectivity index (χ2n) is 13.5. The highest BCUT2D eigenvalue weighted by Gasteiger charge is 2.23. The molecule has 4 rings (SSSR count). The quantitative estimate of drug-likeness (QED) is 0.277. The molecule has 1 unspecified atom stereocenters. The van der Waals surface area contributed by atoms with Gasteiger partial charge in [0.1, 0.15) is 5.71 Å². The van der Waals surface area contributed by atoms with Gasteiger partial charge in [-0.05, 0) is 85.4 Å². The Morgan fingerprint density at radius 3 is 2.43 bits per heavy atom. The van der Waals surface area contributed by atoms with Gasteiger partial charge < -0.3 is 20.4 Å². The SMILES string of the molecule is CCCC=C(/C=C\C=C(/C)C1=CC(=Nc2ccc(N3CCN(C)CC3)cn2)C(=O)NCC1CC)NC(=O)c1ccc(C(C)(C)C)cc1. The van der Waals surface area contributed by atoms with Crippen LogP contribution in [-0.4, -0.2) is 67.2 Å². The number of aromatic nitrogens is 1. The molecule has 8 nitrogen and oxygen atoms in total. The Morgan fingerprint density at radius 2 is 1.81 bits per heavy atom. The Morgan fingerprint density at radius 1 is 1.09 bits per heavy atom. The molecule has 1 saturated heterocycles. The second kappa shape index (κ2) is 16.5. The molecule has 0 saturated carbocycles. The van der Waals surface area contributed by atoms with Crippen LogP contribution in [0.15, 0.2) is 94.8 Å². The van der Waals surface area contributed by atoms with Crippen LogP contribution in [0.5, 0.6) is 0 Å². The summed E-state index contributed by atoms with van der Waals surface area (Å²) in [6, 6.07) is 11.7. The van der Waals surface area contributed by atoms with Crippen molar-refractivity contribution in [2.24, 2.45) is 10.9 Å². The Balaban J connectivity index is 1.52. The van der Waals surface area contributed by atoms with Crippen molar-refractivity contribution in [3.63, 3.8) is 0 Å². The number of unbranched alkanes of at least 4 members (excludes halogenated alkanes) is 1. The summed E-state index contributed by atoms with van der Waals surface area (Å²) in [5.74, 6) is 0.324. The zero-order valence-corrected chi connectivity index (χ0v) is 29.3. The first kappa shape index (κ1) is 35.6. The minimum absolute atomic E-state index is 0.0285. The van der Waals surface area contributed by atoms with E-state index in [-0.39, 0.29) is 23.1 Å². The first-order valence-electron chi connectivity index (χ1n) is 16.9. The lowest BCUT2D eigenvalue weighted by molar-refractivity contribution is -0.114. The fourth-order valence-electron chi connectivity index (χ4n) is 5.63. The number of hydrogen-bond donors (Lipinski definition) is 2. The van der Waals surface area contributed by atoms with E-state index in [0.29, 0.717) is 23.6 Å². The highest BCUT2D eigenvalue weighted by atomic mass is 16.2. The summed E-state index contributed by atoms with van der Waals surface area (Å²) in [6.07, 6.45) is 14.4. The van der Waals surface area contributed by atoms with Crippen molar-refractivity contribution in [1.29, 1.82) is 0 Å². The van der Waals surface area contributed by atoms with E-state index in [1.807, 2.05) is 66.9 Å². The minimum Gasteiger partial charge on any atom is -0.368 e. The predicted octanol–water partition coefficient (Wildman–Crippen LogP) is 6.90. The molecule has 0 spiro atoms. The van der Waals surface area contributed by atoms with Gasteiger partial charge in [0.2, 0.25) is 0 Å². The van der Waals surface area contributed by atoms with Gasteiger partial charge in [-0.15, -0.1) is 0 Å². The van der Waals surface area contributed by atoms with Crippen molar-refractivity contribution >= 4 is 29.0 Å². The Bertz CT molecular complexity index is 1530. The van der Waals surface area contributed by atoms with Crippen molar-refractivity contribution in [1.82, 2.24) is 20.5 Å².